The summed E-state index contributed by atoms with van der Waals surface area (Å²) in [7, 11) is 0. The molecule has 1 fully saturated rings. The SMILES string of the molecule is CCC(C(=O)OCCOCc1cc(Br)c(N)c(CN2CCCC2)c1)c1cccc(C(=O)c2ccccc2)c1. The Morgan fingerprint density at radius 1 is 0.974 bits per heavy atom. The van der Waals surface area contributed by atoms with E-state index < -0.39 is 5.92 Å². The van der Waals surface area contributed by atoms with Gasteiger partial charge < -0.3 is 15.2 Å². The van der Waals surface area contributed by atoms with E-state index in [-0.39, 0.29) is 25.0 Å². The number of benzene rings is 3. The van der Waals surface area contributed by atoms with Crippen LogP contribution in [0.25, 0.3) is 0 Å². The Morgan fingerprint density at radius 2 is 1.71 bits per heavy atom. The fourth-order valence-corrected chi connectivity index (χ4v) is 5.36. The zero-order valence-corrected chi connectivity index (χ0v) is 23.4. The standard InChI is InChI=1S/C31H35BrN2O4/c1-2-27(24-11-8-12-25(19-24)30(35)23-9-4-3-5-10-23)31(36)38-16-15-37-21-22-17-26(29(33)28(32)18-22)20-34-13-6-7-14-34/h3-5,8-12,17-19,27H,2,6-7,13-16,20-21,33H2,1H3. The Labute approximate surface area is 233 Å². The molecule has 0 bridgehead atoms. The molecule has 0 amide bonds. The van der Waals surface area contributed by atoms with E-state index in [0.717, 1.165) is 46.5 Å². The number of ether oxygens (including phenoxy) is 2. The zero-order chi connectivity index (χ0) is 26.9. The number of nitrogen functional groups attached to an aromatic ring is 1. The minimum Gasteiger partial charge on any atom is -0.463 e. The summed E-state index contributed by atoms with van der Waals surface area (Å²) in [5.74, 6) is -0.828. The molecule has 4 rings (SSSR count). The molecule has 0 spiro atoms. The molecular formula is C31H35BrN2O4. The second kappa shape index (κ2) is 13.7. The van der Waals surface area contributed by atoms with E-state index in [1.165, 1.54) is 12.8 Å². The summed E-state index contributed by atoms with van der Waals surface area (Å²) in [5, 5.41) is 0. The van der Waals surface area contributed by atoms with Gasteiger partial charge in [-0.25, -0.2) is 0 Å². The van der Waals surface area contributed by atoms with Crippen LogP contribution in [0.2, 0.25) is 0 Å². The normalized spacial score (nSPS) is 14.4. The number of likely N-dealkylation sites (tertiary alicyclic amines) is 1. The third-order valence-electron chi connectivity index (χ3n) is 6.89. The molecule has 1 atom stereocenters. The number of nitrogens with zero attached hydrogens (tertiary/aromatic N) is 1. The van der Waals surface area contributed by atoms with Crippen molar-refractivity contribution in [2.75, 3.05) is 32.0 Å². The van der Waals surface area contributed by atoms with E-state index in [0.29, 0.717) is 24.2 Å². The summed E-state index contributed by atoms with van der Waals surface area (Å²) in [6.45, 7) is 5.85. The highest BCUT2D eigenvalue weighted by atomic mass is 79.9. The Bertz CT molecular complexity index is 1240. The Morgan fingerprint density at radius 3 is 2.45 bits per heavy atom. The molecule has 38 heavy (non-hydrogen) atoms. The van der Waals surface area contributed by atoms with Crippen LogP contribution < -0.4 is 5.73 Å². The van der Waals surface area contributed by atoms with Gasteiger partial charge in [-0.15, -0.1) is 0 Å². The Kier molecular flexibility index (Phi) is 10.1. The fraction of sp³-hybridized carbons (Fsp3) is 0.355. The highest BCUT2D eigenvalue weighted by Gasteiger charge is 2.22. The van der Waals surface area contributed by atoms with Crippen molar-refractivity contribution in [2.45, 2.75) is 45.3 Å². The predicted octanol–water partition coefficient (Wildman–Crippen LogP) is 6.11. The van der Waals surface area contributed by atoms with Crippen LogP contribution in [0.15, 0.2) is 71.2 Å². The highest BCUT2D eigenvalue weighted by Crippen LogP contribution is 2.28. The molecule has 200 valence electrons. The van der Waals surface area contributed by atoms with E-state index in [1.54, 1.807) is 24.3 Å². The van der Waals surface area contributed by atoms with Crippen LogP contribution in [0.4, 0.5) is 5.69 Å². The molecule has 0 radical (unpaired) electrons. The number of ketones is 1. The molecule has 1 heterocycles. The number of carbonyl (C=O) groups excluding carboxylic acids is 2. The first kappa shape index (κ1) is 28.0. The largest absolute Gasteiger partial charge is 0.463 e. The molecule has 1 aliphatic heterocycles. The van der Waals surface area contributed by atoms with E-state index in [1.807, 2.05) is 43.3 Å². The van der Waals surface area contributed by atoms with Crippen LogP contribution in [-0.2, 0) is 27.4 Å². The zero-order valence-electron chi connectivity index (χ0n) is 21.8. The van der Waals surface area contributed by atoms with Gasteiger partial charge in [0.1, 0.15) is 6.61 Å². The molecule has 0 aliphatic carbocycles. The number of anilines is 1. The average molecular weight is 580 g/mol. The van der Waals surface area contributed by atoms with Gasteiger partial charge in [0.15, 0.2) is 5.78 Å². The minimum atomic E-state index is -0.445. The summed E-state index contributed by atoms with van der Waals surface area (Å²) < 4.78 is 12.2. The van der Waals surface area contributed by atoms with Crippen molar-refractivity contribution in [1.29, 1.82) is 0 Å². The van der Waals surface area contributed by atoms with Crippen LogP contribution in [0, 0.1) is 0 Å². The summed E-state index contributed by atoms with van der Waals surface area (Å²) in [5.41, 5.74) is 11.1. The van der Waals surface area contributed by atoms with Crippen LogP contribution in [0.5, 0.6) is 0 Å². The third kappa shape index (κ3) is 7.31. The molecule has 1 aliphatic rings. The smallest absolute Gasteiger partial charge is 0.313 e. The van der Waals surface area contributed by atoms with Crippen LogP contribution in [-0.4, -0.2) is 43.0 Å². The van der Waals surface area contributed by atoms with E-state index in [4.69, 9.17) is 15.2 Å². The van der Waals surface area contributed by atoms with Gasteiger partial charge in [-0.2, -0.15) is 0 Å². The summed E-state index contributed by atoms with van der Waals surface area (Å²) >= 11 is 3.57. The van der Waals surface area contributed by atoms with Crippen molar-refractivity contribution in [3.8, 4) is 0 Å². The number of halogens is 1. The van der Waals surface area contributed by atoms with Crippen LogP contribution in [0.1, 0.15) is 64.7 Å². The van der Waals surface area contributed by atoms with Crippen molar-refractivity contribution in [1.82, 2.24) is 4.90 Å². The van der Waals surface area contributed by atoms with Crippen LogP contribution >= 0.6 is 15.9 Å². The number of carbonyl (C=O) groups is 2. The molecule has 2 N–H and O–H groups in total. The lowest BCUT2D eigenvalue weighted by Gasteiger charge is -2.18. The molecule has 0 saturated carbocycles. The quantitative estimate of drug-likeness (QED) is 0.121. The first-order valence-corrected chi connectivity index (χ1v) is 14.0. The summed E-state index contributed by atoms with van der Waals surface area (Å²) in [4.78, 5) is 28.1. The summed E-state index contributed by atoms with van der Waals surface area (Å²) in [6.07, 6.45) is 3.04. The second-order valence-electron chi connectivity index (χ2n) is 9.64. The van der Waals surface area contributed by atoms with E-state index in [9.17, 15) is 9.59 Å². The monoisotopic (exact) mass is 578 g/mol. The first-order chi connectivity index (χ1) is 18.5. The number of hydrogen-bond acceptors (Lipinski definition) is 6. The number of rotatable bonds is 12. The fourth-order valence-electron chi connectivity index (χ4n) is 4.82. The maximum absolute atomic E-state index is 12.9. The third-order valence-corrected chi connectivity index (χ3v) is 7.54. The number of nitrogens with two attached hydrogens (primary N) is 1. The lowest BCUT2D eigenvalue weighted by molar-refractivity contribution is -0.147. The lowest BCUT2D eigenvalue weighted by atomic mass is 9.93. The maximum atomic E-state index is 12.9. The second-order valence-corrected chi connectivity index (χ2v) is 10.5. The first-order valence-electron chi connectivity index (χ1n) is 13.2. The average Bonchev–Trinajstić information content (AvgIpc) is 3.45. The maximum Gasteiger partial charge on any atom is 0.313 e. The van der Waals surface area contributed by atoms with E-state index in [2.05, 4.69) is 26.9 Å². The van der Waals surface area contributed by atoms with Crippen LogP contribution in [0.3, 0.4) is 0 Å². The van der Waals surface area contributed by atoms with Gasteiger partial charge in [-0.05, 0) is 77.1 Å². The van der Waals surface area contributed by atoms with E-state index >= 15 is 0 Å². The predicted molar refractivity (Wildman–Crippen MR) is 153 cm³/mol. The van der Waals surface area contributed by atoms with Gasteiger partial charge in [0.2, 0.25) is 0 Å². The van der Waals surface area contributed by atoms with Crippen molar-refractivity contribution in [3.05, 3.63) is 99.0 Å². The Hall–Kier alpha value is -3.00. The highest BCUT2D eigenvalue weighted by molar-refractivity contribution is 9.10. The topological polar surface area (TPSA) is 81.9 Å². The molecule has 1 unspecified atom stereocenters. The van der Waals surface area contributed by atoms with Gasteiger partial charge in [0, 0.05) is 22.1 Å². The Balaban J connectivity index is 1.28. The van der Waals surface area contributed by atoms with Crippen molar-refractivity contribution in [3.63, 3.8) is 0 Å². The minimum absolute atomic E-state index is 0.0676. The van der Waals surface area contributed by atoms with Crippen molar-refractivity contribution >= 4 is 33.4 Å². The molecule has 3 aromatic carbocycles. The molecular weight excluding hydrogens is 544 g/mol. The molecule has 0 aromatic heterocycles. The molecule has 3 aromatic rings. The summed E-state index contributed by atoms with van der Waals surface area (Å²) in [6, 6.07) is 20.5. The van der Waals surface area contributed by atoms with Gasteiger partial charge in [-0.1, -0.05) is 61.5 Å². The van der Waals surface area contributed by atoms with Crippen molar-refractivity contribution < 1.29 is 19.1 Å². The molecule has 1 saturated heterocycles. The van der Waals surface area contributed by atoms with Gasteiger partial charge in [0.05, 0.1) is 24.8 Å². The number of hydrogen-bond donors (Lipinski definition) is 1. The number of esters is 1. The lowest BCUT2D eigenvalue weighted by Crippen LogP contribution is -2.19. The molecule has 7 heteroatoms. The van der Waals surface area contributed by atoms with Gasteiger partial charge in [0.25, 0.3) is 0 Å². The molecule has 6 nitrogen and oxygen atoms in total. The van der Waals surface area contributed by atoms with Gasteiger partial charge in [-0.3, -0.25) is 14.5 Å². The van der Waals surface area contributed by atoms with Crippen molar-refractivity contribution in [2.24, 2.45) is 0 Å². The van der Waals surface area contributed by atoms with Gasteiger partial charge >= 0.3 is 5.97 Å².